The quantitative estimate of drug-likeness (QED) is 0.840. The van der Waals surface area contributed by atoms with Crippen LogP contribution in [0.25, 0.3) is 0 Å². The number of carbonyl (C=O) groups is 3. The van der Waals surface area contributed by atoms with Crippen LogP contribution in [0.5, 0.6) is 5.75 Å². The Labute approximate surface area is 151 Å². The first-order valence-electron chi connectivity index (χ1n) is 8.37. The van der Waals surface area contributed by atoms with Gasteiger partial charge in [-0.15, -0.1) is 0 Å². The molecule has 1 heterocycles. The highest BCUT2D eigenvalue weighted by Crippen LogP contribution is 2.30. The summed E-state index contributed by atoms with van der Waals surface area (Å²) < 4.78 is 5.16. The number of benzene rings is 2. The minimum Gasteiger partial charge on any atom is -0.497 e. The molecule has 0 saturated carbocycles. The third kappa shape index (κ3) is 3.18. The highest BCUT2D eigenvalue weighted by Gasteiger charge is 2.37. The number of nitrogens with zero attached hydrogens (tertiary/aromatic N) is 1. The van der Waals surface area contributed by atoms with E-state index in [2.05, 4.69) is 5.32 Å². The van der Waals surface area contributed by atoms with Crippen LogP contribution in [-0.4, -0.2) is 31.4 Å². The van der Waals surface area contributed by atoms with Crippen molar-refractivity contribution in [3.8, 4) is 5.75 Å². The van der Waals surface area contributed by atoms with Crippen LogP contribution in [0.3, 0.4) is 0 Å². The first-order chi connectivity index (χ1) is 12.4. The topological polar surface area (TPSA) is 75.7 Å². The number of nitrogens with one attached hydrogen (secondary N) is 1. The number of amides is 3. The van der Waals surface area contributed by atoms with Crippen molar-refractivity contribution in [3.63, 3.8) is 0 Å². The SMILES string of the molecule is COc1cccc(N2C(=O)c3ccc(C(=O)NCC(C)C)cc3C2=O)c1. The monoisotopic (exact) mass is 352 g/mol. The molecule has 134 valence electrons. The maximum absolute atomic E-state index is 12.8. The summed E-state index contributed by atoms with van der Waals surface area (Å²) in [6.07, 6.45) is 0. The van der Waals surface area contributed by atoms with E-state index in [1.165, 1.54) is 19.2 Å². The molecular formula is C20H20N2O4. The Morgan fingerprint density at radius 2 is 1.81 bits per heavy atom. The van der Waals surface area contributed by atoms with E-state index in [1.54, 1.807) is 30.3 Å². The molecule has 2 aromatic carbocycles. The Hall–Kier alpha value is -3.15. The van der Waals surface area contributed by atoms with Gasteiger partial charge >= 0.3 is 0 Å². The number of fused-ring (bicyclic) bond motifs is 1. The van der Waals surface area contributed by atoms with Crippen molar-refractivity contribution in [2.75, 3.05) is 18.6 Å². The highest BCUT2D eigenvalue weighted by atomic mass is 16.5. The first-order valence-corrected chi connectivity index (χ1v) is 8.37. The molecular weight excluding hydrogens is 332 g/mol. The zero-order valence-corrected chi connectivity index (χ0v) is 14.9. The lowest BCUT2D eigenvalue weighted by molar-refractivity contribution is 0.0923. The zero-order valence-electron chi connectivity index (χ0n) is 14.9. The molecule has 0 aromatic heterocycles. The summed E-state index contributed by atoms with van der Waals surface area (Å²) in [5.41, 5.74) is 1.31. The Kier molecular flexibility index (Phi) is 4.75. The van der Waals surface area contributed by atoms with E-state index in [1.807, 2.05) is 13.8 Å². The van der Waals surface area contributed by atoms with E-state index in [-0.39, 0.29) is 11.5 Å². The number of methoxy groups -OCH3 is 1. The van der Waals surface area contributed by atoms with Gasteiger partial charge in [0.25, 0.3) is 17.7 Å². The molecule has 6 nitrogen and oxygen atoms in total. The molecule has 1 aliphatic heterocycles. The average molecular weight is 352 g/mol. The molecule has 0 bridgehead atoms. The number of anilines is 1. The molecule has 1 aliphatic rings. The fraction of sp³-hybridized carbons (Fsp3) is 0.250. The van der Waals surface area contributed by atoms with E-state index in [4.69, 9.17) is 4.74 Å². The second kappa shape index (κ2) is 7.00. The van der Waals surface area contributed by atoms with Crippen LogP contribution in [0, 0.1) is 5.92 Å². The molecule has 6 heteroatoms. The van der Waals surface area contributed by atoms with Crippen LogP contribution in [0.2, 0.25) is 0 Å². The third-order valence-electron chi connectivity index (χ3n) is 4.13. The molecule has 0 aliphatic carbocycles. The van der Waals surface area contributed by atoms with Crippen LogP contribution in [0.4, 0.5) is 5.69 Å². The molecule has 0 radical (unpaired) electrons. The van der Waals surface area contributed by atoms with Crippen LogP contribution in [0.15, 0.2) is 42.5 Å². The van der Waals surface area contributed by atoms with Gasteiger partial charge in [0.05, 0.1) is 23.9 Å². The molecule has 1 N–H and O–H groups in total. The van der Waals surface area contributed by atoms with Crippen LogP contribution < -0.4 is 15.0 Å². The molecule has 0 atom stereocenters. The van der Waals surface area contributed by atoms with Crippen molar-refractivity contribution >= 4 is 23.4 Å². The lowest BCUT2D eigenvalue weighted by Crippen LogP contribution is -2.29. The van der Waals surface area contributed by atoms with Crippen molar-refractivity contribution in [1.29, 1.82) is 0 Å². The Balaban J connectivity index is 1.91. The fourth-order valence-electron chi connectivity index (χ4n) is 2.77. The maximum Gasteiger partial charge on any atom is 0.266 e. The molecule has 3 amide bonds. The van der Waals surface area contributed by atoms with Gasteiger partial charge in [-0.3, -0.25) is 14.4 Å². The van der Waals surface area contributed by atoms with Crippen molar-refractivity contribution < 1.29 is 19.1 Å². The van der Waals surface area contributed by atoms with Crippen LogP contribution in [0.1, 0.15) is 44.9 Å². The molecule has 26 heavy (non-hydrogen) atoms. The summed E-state index contributed by atoms with van der Waals surface area (Å²) in [5.74, 6) is -0.251. The molecule has 0 unspecified atom stereocenters. The molecule has 0 spiro atoms. The summed E-state index contributed by atoms with van der Waals surface area (Å²) in [6, 6.07) is 11.3. The summed E-state index contributed by atoms with van der Waals surface area (Å²) >= 11 is 0. The normalized spacial score (nSPS) is 13.2. The van der Waals surface area contributed by atoms with Crippen LogP contribution >= 0.6 is 0 Å². The molecule has 0 fully saturated rings. The summed E-state index contributed by atoms with van der Waals surface area (Å²) in [4.78, 5) is 38.8. The van der Waals surface area contributed by atoms with Gasteiger partial charge < -0.3 is 10.1 Å². The standard InChI is InChI=1S/C20H20N2O4/c1-12(2)11-21-18(23)13-7-8-16-17(9-13)20(25)22(19(16)24)14-5-4-6-15(10-14)26-3/h4-10,12H,11H2,1-3H3,(H,21,23). The second-order valence-corrected chi connectivity index (χ2v) is 6.51. The number of rotatable bonds is 5. The van der Waals surface area contributed by atoms with Crippen molar-refractivity contribution in [2.24, 2.45) is 5.92 Å². The van der Waals surface area contributed by atoms with E-state index in [0.29, 0.717) is 35.0 Å². The Bertz CT molecular complexity index is 889. The highest BCUT2D eigenvalue weighted by molar-refractivity contribution is 6.34. The van der Waals surface area contributed by atoms with Crippen molar-refractivity contribution in [1.82, 2.24) is 5.32 Å². The predicted molar refractivity (Wildman–Crippen MR) is 97.7 cm³/mol. The van der Waals surface area contributed by atoms with Gasteiger partial charge in [0, 0.05) is 18.2 Å². The third-order valence-corrected chi connectivity index (χ3v) is 4.13. The second-order valence-electron chi connectivity index (χ2n) is 6.51. The van der Waals surface area contributed by atoms with Gasteiger partial charge in [-0.05, 0) is 36.2 Å². The Morgan fingerprint density at radius 3 is 2.50 bits per heavy atom. The van der Waals surface area contributed by atoms with Crippen LogP contribution in [-0.2, 0) is 0 Å². The van der Waals surface area contributed by atoms with E-state index >= 15 is 0 Å². The number of ether oxygens (including phenoxy) is 1. The van der Waals surface area contributed by atoms with E-state index in [9.17, 15) is 14.4 Å². The van der Waals surface area contributed by atoms with Gasteiger partial charge in [0.1, 0.15) is 5.75 Å². The number of carbonyl (C=O) groups excluding carboxylic acids is 3. The molecule has 3 rings (SSSR count). The summed E-state index contributed by atoms with van der Waals surface area (Å²) in [5, 5.41) is 2.81. The number of imide groups is 1. The molecule has 2 aromatic rings. The van der Waals surface area contributed by atoms with E-state index in [0.717, 1.165) is 4.90 Å². The maximum atomic E-state index is 12.8. The largest absolute Gasteiger partial charge is 0.497 e. The Morgan fingerprint density at radius 1 is 1.08 bits per heavy atom. The van der Waals surface area contributed by atoms with Gasteiger partial charge in [0.2, 0.25) is 0 Å². The summed E-state index contributed by atoms with van der Waals surface area (Å²) in [6.45, 7) is 4.53. The number of hydrogen-bond donors (Lipinski definition) is 1. The molecule has 0 saturated heterocycles. The fourth-order valence-corrected chi connectivity index (χ4v) is 2.77. The lowest BCUT2D eigenvalue weighted by Gasteiger charge is -2.14. The summed E-state index contributed by atoms with van der Waals surface area (Å²) in [7, 11) is 1.52. The number of hydrogen-bond acceptors (Lipinski definition) is 4. The van der Waals surface area contributed by atoms with Gasteiger partial charge in [0.15, 0.2) is 0 Å². The van der Waals surface area contributed by atoms with E-state index < -0.39 is 11.8 Å². The van der Waals surface area contributed by atoms with Gasteiger partial charge in [-0.25, -0.2) is 4.90 Å². The average Bonchev–Trinajstić information content (AvgIpc) is 2.90. The minimum absolute atomic E-state index is 0.231. The van der Waals surface area contributed by atoms with Gasteiger partial charge in [-0.1, -0.05) is 19.9 Å². The minimum atomic E-state index is -0.447. The zero-order chi connectivity index (χ0) is 18.8. The van der Waals surface area contributed by atoms with Crippen molar-refractivity contribution in [2.45, 2.75) is 13.8 Å². The first kappa shape index (κ1) is 17.7. The van der Waals surface area contributed by atoms with Crippen molar-refractivity contribution in [3.05, 3.63) is 59.2 Å². The smallest absolute Gasteiger partial charge is 0.266 e. The van der Waals surface area contributed by atoms with Gasteiger partial charge in [-0.2, -0.15) is 0 Å². The lowest BCUT2D eigenvalue weighted by atomic mass is 10.1. The predicted octanol–water partition coefficient (Wildman–Crippen LogP) is 2.88.